The van der Waals surface area contributed by atoms with Gasteiger partial charge in [0.1, 0.15) is 6.61 Å². The summed E-state index contributed by atoms with van der Waals surface area (Å²) >= 11 is 3.51. The van der Waals surface area contributed by atoms with Gasteiger partial charge in [0, 0.05) is 23.4 Å². The third-order valence-corrected chi connectivity index (χ3v) is 5.09. The maximum Gasteiger partial charge on any atom is 0.358 e. The van der Waals surface area contributed by atoms with Crippen molar-refractivity contribution in [3.63, 3.8) is 0 Å². The molecule has 2 aromatic rings. The first kappa shape index (κ1) is 20.7. The van der Waals surface area contributed by atoms with E-state index >= 15 is 0 Å². The molecule has 0 bridgehead atoms. The molecule has 0 aromatic heterocycles. The third-order valence-electron chi connectivity index (χ3n) is 4.31. The maximum atomic E-state index is 12.4. The van der Waals surface area contributed by atoms with Crippen LogP contribution >= 0.6 is 15.9 Å². The lowest BCUT2D eigenvalue weighted by Crippen LogP contribution is -2.26. The fraction of sp³-hybridized carbons (Fsp3) is 0.182. The van der Waals surface area contributed by atoms with E-state index in [0.29, 0.717) is 6.42 Å². The fourth-order valence-electron chi connectivity index (χ4n) is 2.91. The predicted molar refractivity (Wildman–Crippen MR) is 114 cm³/mol. The molecule has 0 aliphatic carbocycles. The highest BCUT2D eigenvalue weighted by molar-refractivity contribution is 9.10. The molecule has 1 atom stereocenters. The summed E-state index contributed by atoms with van der Waals surface area (Å²) in [6.45, 7) is 0.142. The van der Waals surface area contributed by atoms with Crippen molar-refractivity contribution in [3.8, 4) is 0 Å². The Hall–Kier alpha value is -3.06. The SMILES string of the molecule is O=C(O)/C=C/CC1(Cc2ccccc2Br)N=CC(C(=O)OCc2ccccc2)=N1. The van der Waals surface area contributed by atoms with Crippen LogP contribution in [0.25, 0.3) is 0 Å². The Morgan fingerprint density at radius 3 is 2.55 bits per heavy atom. The molecule has 1 aliphatic rings. The van der Waals surface area contributed by atoms with Gasteiger partial charge >= 0.3 is 11.9 Å². The first-order valence-corrected chi connectivity index (χ1v) is 9.76. The van der Waals surface area contributed by atoms with Crippen LogP contribution in [0.3, 0.4) is 0 Å². The molecule has 3 rings (SSSR count). The molecule has 7 heteroatoms. The number of aliphatic imine (C=N–C) groups is 2. The smallest absolute Gasteiger partial charge is 0.358 e. The number of halogens is 1. The van der Waals surface area contributed by atoms with Crippen molar-refractivity contribution in [1.82, 2.24) is 0 Å². The van der Waals surface area contributed by atoms with Gasteiger partial charge in [-0.3, -0.25) is 4.99 Å². The molecule has 0 amide bonds. The summed E-state index contributed by atoms with van der Waals surface area (Å²) in [6, 6.07) is 17.0. The minimum Gasteiger partial charge on any atom is -0.478 e. The Labute approximate surface area is 176 Å². The summed E-state index contributed by atoms with van der Waals surface area (Å²) in [5.41, 5.74) is 0.963. The molecule has 0 saturated heterocycles. The molecule has 2 aromatic carbocycles. The number of aliphatic carboxylic acids is 1. The number of carboxylic acid groups (broad SMARTS) is 1. The minimum absolute atomic E-state index is 0.122. The van der Waals surface area contributed by atoms with Crippen molar-refractivity contribution >= 4 is 39.8 Å². The first-order chi connectivity index (χ1) is 14.0. The van der Waals surface area contributed by atoms with Gasteiger partial charge in [-0.05, 0) is 17.2 Å². The Balaban J connectivity index is 1.78. The van der Waals surface area contributed by atoms with Gasteiger partial charge in [0.25, 0.3) is 0 Å². The van der Waals surface area contributed by atoms with Crippen LogP contribution in [0.5, 0.6) is 0 Å². The van der Waals surface area contributed by atoms with Crippen LogP contribution < -0.4 is 0 Å². The molecular weight excluding hydrogens is 436 g/mol. The van der Waals surface area contributed by atoms with Crippen LogP contribution in [0.15, 0.2) is 81.2 Å². The third kappa shape index (κ3) is 5.71. The predicted octanol–water partition coefficient (Wildman–Crippen LogP) is 3.99. The van der Waals surface area contributed by atoms with E-state index in [0.717, 1.165) is 21.7 Å². The summed E-state index contributed by atoms with van der Waals surface area (Å²) in [5.74, 6) is -1.61. The second-order valence-corrected chi connectivity index (χ2v) is 7.37. The number of nitrogens with zero attached hydrogens (tertiary/aromatic N) is 2. The van der Waals surface area contributed by atoms with Crippen molar-refractivity contribution in [1.29, 1.82) is 0 Å². The Morgan fingerprint density at radius 1 is 1.10 bits per heavy atom. The molecule has 1 N–H and O–H groups in total. The highest BCUT2D eigenvalue weighted by atomic mass is 79.9. The molecule has 0 saturated carbocycles. The highest BCUT2D eigenvalue weighted by Crippen LogP contribution is 2.30. The van der Waals surface area contributed by atoms with Crippen LogP contribution in [0, 0.1) is 0 Å². The molecule has 29 heavy (non-hydrogen) atoms. The molecule has 1 unspecified atom stereocenters. The van der Waals surface area contributed by atoms with E-state index in [9.17, 15) is 9.59 Å². The van der Waals surface area contributed by atoms with E-state index < -0.39 is 17.6 Å². The quantitative estimate of drug-likeness (QED) is 0.482. The van der Waals surface area contributed by atoms with Crippen LogP contribution in [0.1, 0.15) is 17.5 Å². The normalized spacial score (nSPS) is 18.0. The van der Waals surface area contributed by atoms with E-state index in [2.05, 4.69) is 25.9 Å². The average molecular weight is 455 g/mol. The summed E-state index contributed by atoms with van der Waals surface area (Å²) in [7, 11) is 0. The van der Waals surface area contributed by atoms with Gasteiger partial charge < -0.3 is 9.84 Å². The van der Waals surface area contributed by atoms with Gasteiger partial charge in [0.15, 0.2) is 11.4 Å². The van der Waals surface area contributed by atoms with E-state index in [-0.39, 0.29) is 18.7 Å². The second kappa shape index (κ2) is 9.43. The summed E-state index contributed by atoms with van der Waals surface area (Å²) < 4.78 is 6.24. The van der Waals surface area contributed by atoms with Gasteiger partial charge in [-0.25, -0.2) is 14.6 Å². The van der Waals surface area contributed by atoms with Crippen molar-refractivity contribution in [2.45, 2.75) is 25.1 Å². The Bertz CT molecular complexity index is 985. The maximum absolute atomic E-state index is 12.4. The number of rotatable bonds is 8. The van der Waals surface area contributed by atoms with Gasteiger partial charge in [-0.15, -0.1) is 0 Å². The summed E-state index contributed by atoms with van der Waals surface area (Å²) in [4.78, 5) is 32.3. The number of benzene rings is 2. The minimum atomic E-state index is -1.05. The lowest BCUT2D eigenvalue weighted by Gasteiger charge is -2.22. The number of carbonyl (C=O) groups excluding carboxylic acids is 1. The highest BCUT2D eigenvalue weighted by Gasteiger charge is 2.34. The first-order valence-electron chi connectivity index (χ1n) is 8.96. The number of hydrogen-bond acceptors (Lipinski definition) is 5. The van der Waals surface area contributed by atoms with E-state index in [4.69, 9.17) is 9.84 Å². The van der Waals surface area contributed by atoms with Crippen LogP contribution in [0.4, 0.5) is 0 Å². The Morgan fingerprint density at radius 2 is 1.83 bits per heavy atom. The van der Waals surface area contributed by atoms with Gasteiger partial charge in [0.2, 0.25) is 0 Å². The van der Waals surface area contributed by atoms with Crippen molar-refractivity contribution < 1.29 is 19.4 Å². The van der Waals surface area contributed by atoms with Crippen molar-refractivity contribution in [2.24, 2.45) is 9.98 Å². The number of carbonyl (C=O) groups is 2. The monoisotopic (exact) mass is 454 g/mol. The van der Waals surface area contributed by atoms with Gasteiger partial charge in [0.05, 0.1) is 6.21 Å². The molecule has 1 aliphatic heterocycles. The van der Waals surface area contributed by atoms with Crippen LogP contribution in [-0.2, 0) is 27.4 Å². The lowest BCUT2D eigenvalue weighted by atomic mass is 9.97. The zero-order chi connectivity index (χ0) is 20.7. The molecular formula is C22H19BrN2O4. The van der Waals surface area contributed by atoms with Gasteiger partial charge in [-0.1, -0.05) is 70.5 Å². The Kier molecular flexibility index (Phi) is 6.72. The molecule has 1 heterocycles. The van der Waals surface area contributed by atoms with Gasteiger partial charge in [-0.2, -0.15) is 0 Å². The largest absolute Gasteiger partial charge is 0.478 e. The summed E-state index contributed by atoms with van der Waals surface area (Å²) in [6.07, 6.45) is 4.60. The van der Waals surface area contributed by atoms with E-state index in [1.807, 2.05) is 54.6 Å². The molecule has 148 valence electrons. The number of hydrogen-bond donors (Lipinski definition) is 1. The molecule has 0 fully saturated rings. The van der Waals surface area contributed by atoms with Crippen LogP contribution in [-0.4, -0.2) is 34.6 Å². The van der Waals surface area contributed by atoms with Crippen molar-refractivity contribution in [2.75, 3.05) is 0 Å². The van der Waals surface area contributed by atoms with Crippen molar-refractivity contribution in [3.05, 3.63) is 82.3 Å². The number of esters is 1. The molecule has 0 spiro atoms. The second-order valence-electron chi connectivity index (χ2n) is 6.51. The zero-order valence-electron chi connectivity index (χ0n) is 15.5. The van der Waals surface area contributed by atoms with E-state index in [1.54, 1.807) is 0 Å². The fourth-order valence-corrected chi connectivity index (χ4v) is 3.33. The lowest BCUT2D eigenvalue weighted by molar-refractivity contribution is -0.136. The molecule has 6 nitrogen and oxygen atoms in total. The average Bonchev–Trinajstić information content (AvgIpc) is 3.13. The number of ether oxygens (including phenoxy) is 1. The zero-order valence-corrected chi connectivity index (χ0v) is 17.1. The molecule has 0 radical (unpaired) electrons. The van der Waals surface area contributed by atoms with Crippen LogP contribution in [0.2, 0.25) is 0 Å². The topological polar surface area (TPSA) is 88.3 Å². The number of carboxylic acids is 1. The standard InChI is InChI=1S/C22H19BrN2O4/c23-18-10-5-4-9-17(18)13-22(12-6-11-20(26)27)24-14-19(25-22)21(28)29-15-16-7-2-1-3-8-16/h1-11,14H,12-13,15H2,(H,26,27)/b11-6+. The summed E-state index contributed by atoms with van der Waals surface area (Å²) in [5, 5.41) is 8.88. The van der Waals surface area contributed by atoms with E-state index in [1.165, 1.54) is 12.3 Å².